The highest BCUT2D eigenvalue weighted by Crippen LogP contribution is 2.50. The third-order valence-electron chi connectivity index (χ3n) is 13.6. The van der Waals surface area contributed by atoms with Crippen molar-refractivity contribution in [1.82, 2.24) is 14.5 Å². The Kier molecular flexibility index (Phi) is 8.22. The van der Waals surface area contributed by atoms with Crippen LogP contribution >= 0.6 is 0 Å². The topological polar surface area (TPSA) is 43.9 Å². The zero-order chi connectivity index (χ0) is 43.2. The third-order valence-corrected chi connectivity index (χ3v) is 13.6. The van der Waals surface area contributed by atoms with E-state index in [2.05, 4.69) is 200 Å². The van der Waals surface area contributed by atoms with E-state index in [0.717, 1.165) is 77.7 Å². The van der Waals surface area contributed by atoms with Gasteiger partial charge < -0.3 is 4.42 Å². The zero-order valence-corrected chi connectivity index (χ0v) is 36.0. The highest BCUT2D eigenvalue weighted by Gasteiger charge is 2.35. The van der Waals surface area contributed by atoms with Crippen molar-refractivity contribution in [2.45, 2.75) is 19.3 Å². The standard InChI is InChI=1S/C61H41N3O/c1-61(2)52-26-9-6-21-46(52)47-31-29-42(35-53(47)61)40-18-12-17-39(33-40)41-19-13-20-43(34-41)45-24-14-25-51-48-22-7-10-27-55(48)64(59(45)51)58-37-54(62-60(63-58)38-15-4-3-5-16-38)44-30-32-50-49-23-8-11-28-56(49)65-57(50)36-44/h3-37H,1-2H3. The van der Waals surface area contributed by atoms with Crippen LogP contribution in [-0.2, 0) is 5.41 Å². The van der Waals surface area contributed by atoms with Gasteiger partial charge in [-0.3, -0.25) is 4.57 Å². The summed E-state index contributed by atoms with van der Waals surface area (Å²) in [5.74, 6) is 1.45. The highest BCUT2D eigenvalue weighted by atomic mass is 16.3. The second-order valence-electron chi connectivity index (χ2n) is 17.8. The first-order chi connectivity index (χ1) is 32.0. The van der Waals surface area contributed by atoms with E-state index < -0.39 is 0 Å². The molecule has 12 aromatic rings. The summed E-state index contributed by atoms with van der Waals surface area (Å²) in [6.07, 6.45) is 0. The van der Waals surface area contributed by atoms with Gasteiger partial charge in [-0.25, -0.2) is 9.97 Å². The molecule has 0 saturated heterocycles. The Bertz CT molecular complexity index is 3870. The summed E-state index contributed by atoms with van der Waals surface area (Å²) in [7, 11) is 0. The van der Waals surface area contributed by atoms with Crippen LogP contribution in [0, 0.1) is 0 Å². The molecule has 0 spiro atoms. The monoisotopic (exact) mass is 831 g/mol. The molecule has 3 heterocycles. The van der Waals surface area contributed by atoms with Crippen LogP contribution in [0.1, 0.15) is 25.0 Å². The third kappa shape index (κ3) is 5.91. The first-order valence-electron chi connectivity index (χ1n) is 22.3. The molecule has 1 aliphatic rings. The molecule has 0 atom stereocenters. The lowest BCUT2D eigenvalue weighted by Crippen LogP contribution is -2.14. The molecule has 65 heavy (non-hydrogen) atoms. The molecule has 4 heteroatoms. The summed E-state index contributed by atoms with van der Waals surface area (Å²) in [4.78, 5) is 10.6. The Hall–Kier alpha value is -8.34. The highest BCUT2D eigenvalue weighted by molar-refractivity contribution is 6.14. The zero-order valence-electron chi connectivity index (χ0n) is 36.0. The molecular weight excluding hydrogens is 791 g/mol. The van der Waals surface area contributed by atoms with E-state index in [0.29, 0.717) is 5.82 Å². The minimum absolute atomic E-state index is 0.0579. The van der Waals surface area contributed by atoms with Gasteiger partial charge in [0.1, 0.15) is 17.0 Å². The molecular formula is C61H41N3O. The van der Waals surface area contributed by atoms with Gasteiger partial charge >= 0.3 is 0 Å². The van der Waals surface area contributed by atoms with Gasteiger partial charge in [0, 0.05) is 49.7 Å². The first kappa shape index (κ1) is 37.2. The van der Waals surface area contributed by atoms with Gasteiger partial charge in [0.2, 0.25) is 0 Å². The van der Waals surface area contributed by atoms with Crippen LogP contribution in [0.2, 0.25) is 0 Å². The van der Waals surface area contributed by atoms with E-state index in [1.54, 1.807) is 0 Å². The maximum Gasteiger partial charge on any atom is 0.162 e. The predicted molar refractivity (Wildman–Crippen MR) is 268 cm³/mol. The number of benzene rings is 9. The fourth-order valence-electron chi connectivity index (χ4n) is 10.4. The molecule has 0 radical (unpaired) electrons. The van der Waals surface area contributed by atoms with Crippen molar-refractivity contribution in [3.8, 4) is 73.0 Å². The number of rotatable bonds is 6. The Morgan fingerprint density at radius 2 is 0.985 bits per heavy atom. The maximum atomic E-state index is 6.37. The van der Waals surface area contributed by atoms with Crippen LogP contribution in [0.15, 0.2) is 217 Å². The van der Waals surface area contributed by atoms with E-state index in [1.807, 2.05) is 30.3 Å². The Morgan fingerprint density at radius 3 is 1.83 bits per heavy atom. The first-order valence-corrected chi connectivity index (χ1v) is 22.3. The molecule has 1 aliphatic carbocycles. The van der Waals surface area contributed by atoms with E-state index >= 15 is 0 Å². The van der Waals surface area contributed by atoms with Crippen molar-refractivity contribution in [3.63, 3.8) is 0 Å². The molecule has 0 amide bonds. The van der Waals surface area contributed by atoms with Crippen molar-refractivity contribution in [2.75, 3.05) is 0 Å². The summed E-state index contributed by atoms with van der Waals surface area (Å²) in [5.41, 5.74) is 19.0. The fraction of sp³-hybridized carbons (Fsp3) is 0.0492. The summed E-state index contributed by atoms with van der Waals surface area (Å²) >= 11 is 0. The number of fused-ring (bicyclic) bond motifs is 9. The molecule has 0 saturated carbocycles. The number of aromatic nitrogens is 3. The molecule has 0 bridgehead atoms. The largest absolute Gasteiger partial charge is 0.456 e. The van der Waals surface area contributed by atoms with Gasteiger partial charge in [0.25, 0.3) is 0 Å². The van der Waals surface area contributed by atoms with E-state index in [-0.39, 0.29) is 5.41 Å². The molecule has 306 valence electrons. The second-order valence-corrected chi connectivity index (χ2v) is 17.8. The van der Waals surface area contributed by atoms with Crippen molar-refractivity contribution in [1.29, 1.82) is 0 Å². The summed E-state index contributed by atoms with van der Waals surface area (Å²) in [5, 5.41) is 4.52. The average Bonchev–Trinajstić information content (AvgIpc) is 3.99. The van der Waals surface area contributed by atoms with Crippen LogP contribution in [0.4, 0.5) is 0 Å². The van der Waals surface area contributed by atoms with E-state index in [9.17, 15) is 0 Å². The Balaban J connectivity index is 0.957. The molecule has 3 aromatic heterocycles. The predicted octanol–water partition coefficient (Wildman–Crippen LogP) is 16.1. The number of hydrogen-bond donors (Lipinski definition) is 0. The number of para-hydroxylation sites is 3. The lowest BCUT2D eigenvalue weighted by atomic mass is 9.81. The van der Waals surface area contributed by atoms with Gasteiger partial charge in [-0.1, -0.05) is 178 Å². The van der Waals surface area contributed by atoms with E-state index in [1.165, 1.54) is 44.3 Å². The minimum Gasteiger partial charge on any atom is -0.456 e. The SMILES string of the molecule is CC1(C)c2ccccc2-c2ccc(-c3cccc(-c4cccc(-c5cccc6c7ccccc7n(-c7cc(-c8ccc9c(c8)oc8ccccc89)nc(-c8ccccc8)n7)c56)c4)c3)cc21. The molecule has 13 rings (SSSR count). The smallest absolute Gasteiger partial charge is 0.162 e. The number of hydrogen-bond acceptors (Lipinski definition) is 3. The van der Waals surface area contributed by atoms with Crippen LogP contribution in [0.5, 0.6) is 0 Å². The molecule has 9 aromatic carbocycles. The lowest BCUT2D eigenvalue weighted by molar-refractivity contribution is 0.660. The molecule has 0 aliphatic heterocycles. The van der Waals surface area contributed by atoms with Crippen molar-refractivity contribution in [2.24, 2.45) is 0 Å². The van der Waals surface area contributed by atoms with Gasteiger partial charge in [-0.2, -0.15) is 0 Å². The van der Waals surface area contributed by atoms with Gasteiger partial charge in [0.15, 0.2) is 5.82 Å². The lowest BCUT2D eigenvalue weighted by Gasteiger charge is -2.22. The van der Waals surface area contributed by atoms with Crippen molar-refractivity contribution in [3.05, 3.63) is 223 Å². The summed E-state index contributed by atoms with van der Waals surface area (Å²) < 4.78 is 8.70. The van der Waals surface area contributed by atoms with Crippen LogP contribution in [-0.4, -0.2) is 14.5 Å². The Morgan fingerprint density at radius 1 is 0.385 bits per heavy atom. The average molecular weight is 832 g/mol. The van der Waals surface area contributed by atoms with Gasteiger partial charge in [-0.15, -0.1) is 0 Å². The molecule has 4 nitrogen and oxygen atoms in total. The van der Waals surface area contributed by atoms with Crippen molar-refractivity contribution >= 4 is 43.7 Å². The van der Waals surface area contributed by atoms with E-state index in [4.69, 9.17) is 14.4 Å². The second kappa shape index (κ2) is 14.3. The van der Waals surface area contributed by atoms with Crippen LogP contribution in [0.3, 0.4) is 0 Å². The van der Waals surface area contributed by atoms with Crippen LogP contribution in [0.25, 0.3) is 117 Å². The Labute approximate surface area is 376 Å². The molecule has 0 fully saturated rings. The minimum atomic E-state index is -0.0579. The molecule has 0 unspecified atom stereocenters. The maximum absolute atomic E-state index is 6.37. The summed E-state index contributed by atoms with van der Waals surface area (Å²) in [6.45, 7) is 4.69. The van der Waals surface area contributed by atoms with Gasteiger partial charge in [-0.05, 0) is 92.5 Å². The quantitative estimate of drug-likeness (QED) is 0.168. The number of nitrogens with zero attached hydrogens (tertiary/aromatic N) is 3. The fourth-order valence-corrected chi connectivity index (χ4v) is 10.4. The van der Waals surface area contributed by atoms with Gasteiger partial charge in [0.05, 0.1) is 16.7 Å². The van der Waals surface area contributed by atoms with Crippen molar-refractivity contribution < 1.29 is 4.42 Å². The molecule has 0 N–H and O–H groups in total. The summed E-state index contributed by atoms with van der Waals surface area (Å²) in [6, 6.07) is 76.1. The number of furan rings is 1. The normalized spacial score (nSPS) is 12.9. The van der Waals surface area contributed by atoms with Crippen LogP contribution < -0.4 is 0 Å².